The van der Waals surface area contributed by atoms with E-state index in [0.29, 0.717) is 5.49 Å². The Morgan fingerprint density at radius 3 is 2.95 bits per heavy atom. The number of fused-ring (bicyclic) bond motifs is 1. The van der Waals surface area contributed by atoms with Crippen molar-refractivity contribution >= 4 is 27.6 Å². The Morgan fingerprint density at radius 1 is 1.38 bits per heavy atom. The van der Waals surface area contributed by atoms with E-state index < -0.39 is 0 Å². The lowest BCUT2D eigenvalue weighted by Crippen LogP contribution is -2.14. The van der Waals surface area contributed by atoms with Crippen LogP contribution in [0, 0.1) is 13.8 Å². The number of hydrogen-bond acceptors (Lipinski definition) is 4. The monoisotopic (exact) mass is 348 g/mol. The van der Waals surface area contributed by atoms with Gasteiger partial charge in [-0.1, -0.05) is 6.07 Å². The molecule has 0 aliphatic carbocycles. The van der Waals surface area contributed by atoms with Crippen molar-refractivity contribution in [2.45, 2.75) is 20.4 Å². The highest BCUT2D eigenvalue weighted by atomic mass is 79.9. The van der Waals surface area contributed by atoms with Crippen LogP contribution in [0.2, 0.25) is 0 Å². The van der Waals surface area contributed by atoms with Crippen molar-refractivity contribution in [1.29, 1.82) is 0 Å². The molecule has 0 unspecified atom stereocenters. The molecule has 0 amide bonds. The lowest BCUT2D eigenvalue weighted by atomic mass is 10.1. The third-order valence-corrected chi connectivity index (χ3v) is 4.18. The third-order valence-electron chi connectivity index (χ3n) is 3.62. The summed E-state index contributed by atoms with van der Waals surface area (Å²) in [6.07, 6.45) is 2.02. The first-order chi connectivity index (χ1) is 10.1. The summed E-state index contributed by atoms with van der Waals surface area (Å²) in [6, 6.07) is 3.98. The summed E-state index contributed by atoms with van der Waals surface area (Å²) in [6.45, 7) is 5.89. The molecule has 2 aromatic rings. The third kappa shape index (κ3) is 2.55. The number of halogens is 1. The first kappa shape index (κ1) is 14.1. The van der Waals surface area contributed by atoms with Crippen LogP contribution in [-0.2, 0) is 6.54 Å². The lowest BCUT2D eigenvalue weighted by molar-refractivity contribution is 0.412. The molecule has 110 valence electrons. The molecule has 1 aliphatic rings. The number of anilines is 1. The number of nitrogens with one attached hydrogen (secondary N) is 1. The minimum atomic E-state index is 0.676. The van der Waals surface area contributed by atoms with E-state index in [1.165, 1.54) is 0 Å². The highest BCUT2D eigenvalue weighted by molar-refractivity contribution is 9.10. The zero-order valence-corrected chi connectivity index (χ0v) is 13.9. The van der Waals surface area contributed by atoms with Gasteiger partial charge in [0.25, 0.3) is 0 Å². The maximum Gasteiger partial charge on any atom is 0.204 e. The van der Waals surface area contributed by atoms with Crippen LogP contribution in [0.25, 0.3) is 0 Å². The molecule has 1 aromatic heterocycles. The fourth-order valence-electron chi connectivity index (χ4n) is 2.47. The number of methoxy groups -OCH3 is 1. The molecule has 5 nitrogen and oxygen atoms in total. The Balaban J connectivity index is 2.19. The quantitative estimate of drug-likeness (QED) is 0.907. The zero-order valence-electron chi connectivity index (χ0n) is 12.3. The van der Waals surface area contributed by atoms with Crippen LogP contribution in [0.5, 0.6) is 5.75 Å². The molecular weight excluding hydrogens is 332 g/mol. The molecule has 0 saturated carbocycles. The molecule has 1 aliphatic heterocycles. The first-order valence-electron chi connectivity index (χ1n) is 6.80. The number of aryl methyl sites for hydroxylation is 1. The minimum Gasteiger partial charge on any atom is -0.496 e. The van der Waals surface area contributed by atoms with Gasteiger partial charge in [-0.25, -0.2) is 4.99 Å². The maximum atomic E-state index is 5.37. The van der Waals surface area contributed by atoms with Crippen molar-refractivity contribution in [2.75, 3.05) is 19.0 Å². The van der Waals surface area contributed by atoms with Gasteiger partial charge in [0, 0.05) is 24.8 Å². The molecule has 2 heterocycles. The van der Waals surface area contributed by atoms with Crippen molar-refractivity contribution in [3.63, 3.8) is 0 Å². The van der Waals surface area contributed by atoms with Gasteiger partial charge < -0.3 is 14.6 Å². The normalized spacial score (nSPS) is 14.0. The van der Waals surface area contributed by atoms with Crippen molar-refractivity contribution < 1.29 is 4.74 Å². The van der Waals surface area contributed by atoms with E-state index in [-0.39, 0.29) is 0 Å². The van der Waals surface area contributed by atoms with Crippen LogP contribution in [0.15, 0.2) is 27.8 Å². The number of nitrogens with zero attached hydrogens (tertiary/aromatic N) is 3. The highest BCUT2D eigenvalue weighted by Gasteiger charge is 2.12. The Kier molecular flexibility index (Phi) is 3.71. The van der Waals surface area contributed by atoms with Gasteiger partial charge in [-0.3, -0.25) is 0 Å². The smallest absolute Gasteiger partial charge is 0.204 e. The van der Waals surface area contributed by atoms with Crippen LogP contribution >= 0.6 is 15.9 Å². The lowest BCUT2D eigenvalue weighted by Gasteiger charge is -2.10. The van der Waals surface area contributed by atoms with Gasteiger partial charge in [0.2, 0.25) is 5.95 Å². The largest absolute Gasteiger partial charge is 0.496 e. The summed E-state index contributed by atoms with van der Waals surface area (Å²) in [5.74, 6) is 1.69. The van der Waals surface area contributed by atoms with E-state index in [4.69, 9.17) is 9.73 Å². The van der Waals surface area contributed by atoms with E-state index in [2.05, 4.69) is 30.8 Å². The van der Waals surface area contributed by atoms with Gasteiger partial charge in [0.05, 0.1) is 17.3 Å². The number of ether oxygens (including phenoxy) is 1. The van der Waals surface area contributed by atoms with E-state index in [0.717, 1.165) is 46.1 Å². The molecule has 0 atom stereocenters. The second-order valence-electron chi connectivity index (χ2n) is 5.03. The SMILES string of the molecule is COc1ccc(C)c(N=c2nc3n(cc2Br)CCN3)c1C. The van der Waals surface area contributed by atoms with Crippen molar-refractivity contribution in [3.05, 3.63) is 39.4 Å². The van der Waals surface area contributed by atoms with Crippen LogP contribution in [0.1, 0.15) is 11.1 Å². The molecule has 1 aromatic carbocycles. The van der Waals surface area contributed by atoms with E-state index in [1.807, 2.05) is 32.2 Å². The van der Waals surface area contributed by atoms with Gasteiger partial charge in [-0.15, -0.1) is 0 Å². The minimum absolute atomic E-state index is 0.676. The number of rotatable bonds is 2. The van der Waals surface area contributed by atoms with Crippen LogP contribution in [0.4, 0.5) is 11.6 Å². The zero-order chi connectivity index (χ0) is 15.0. The predicted molar refractivity (Wildman–Crippen MR) is 86.1 cm³/mol. The van der Waals surface area contributed by atoms with Crippen molar-refractivity contribution in [3.8, 4) is 5.75 Å². The second kappa shape index (κ2) is 5.52. The number of aromatic nitrogens is 2. The Bertz CT molecular complexity index is 767. The molecule has 0 fully saturated rings. The molecule has 0 saturated heterocycles. The van der Waals surface area contributed by atoms with Crippen LogP contribution in [-0.4, -0.2) is 23.2 Å². The van der Waals surface area contributed by atoms with Gasteiger partial charge in [0.1, 0.15) is 5.75 Å². The summed E-state index contributed by atoms with van der Waals surface area (Å²) in [4.78, 5) is 9.32. The summed E-state index contributed by atoms with van der Waals surface area (Å²) >= 11 is 3.56. The molecule has 3 rings (SSSR count). The topological polar surface area (TPSA) is 51.4 Å². The fourth-order valence-corrected chi connectivity index (χ4v) is 2.89. The molecule has 0 spiro atoms. The summed E-state index contributed by atoms with van der Waals surface area (Å²) in [5, 5.41) is 3.25. The molecule has 6 heteroatoms. The van der Waals surface area contributed by atoms with E-state index in [1.54, 1.807) is 7.11 Å². The molecular formula is C15H17BrN4O. The maximum absolute atomic E-state index is 5.37. The number of hydrogen-bond donors (Lipinski definition) is 1. The van der Waals surface area contributed by atoms with Gasteiger partial charge in [0.15, 0.2) is 5.49 Å². The predicted octanol–water partition coefficient (Wildman–Crippen LogP) is 2.93. The van der Waals surface area contributed by atoms with Crippen molar-refractivity contribution in [2.24, 2.45) is 4.99 Å². The van der Waals surface area contributed by atoms with Crippen molar-refractivity contribution in [1.82, 2.24) is 9.55 Å². The molecule has 0 radical (unpaired) electrons. The van der Waals surface area contributed by atoms with Gasteiger partial charge >= 0.3 is 0 Å². The highest BCUT2D eigenvalue weighted by Crippen LogP contribution is 2.30. The van der Waals surface area contributed by atoms with Gasteiger partial charge in [-0.05, 0) is 41.4 Å². The van der Waals surface area contributed by atoms with E-state index >= 15 is 0 Å². The second-order valence-corrected chi connectivity index (χ2v) is 5.88. The molecule has 1 N–H and O–H groups in total. The summed E-state index contributed by atoms with van der Waals surface area (Å²) < 4.78 is 8.34. The Labute approximate surface area is 131 Å². The molecule has 0 bridgehead atoms. The van der Waals surface area contributed by atoms with E-state index in [9.17, 15) is 0 Å². The van der Waals surface area contributed by atoms with Crippen LogP contribution < -0.4 is 15.5 Å². The average Bonchev–Trinajstić information content (AvgIpc) is 2.90. The Morgan fingerprint density at radius 2 is 2.19 bits per heavy atom. The van der Waals surface area contributed by atoms with Gasteiger partial charge in [-0.2, -0.15) is 4.98 Å². The summed E-state index contributed by atoms with van der Waals surface area (Å²) in [7, 11) is 1.67. The molecule has 21 heavy (non-hydrogen) atoms. The fraction of sp³-hybridized carbons (Fsp3) is 0.333. The average molecular weight is 349 g/mol. The number of benzene rings is 1. The standard InChI is InChI=1S/C15H17BrN4O/c1-9-4-5-12(21-3)10(2)13(9)18-14-11(16)8-20-7-6-17-15(20)19-14/h4-5,8H,6-7H2,1-3H3,(H,17,18,19). The Hall–Kier alpha value is -1.82. The first-order valence-corrected chi connectivity index (χ1v) is 7.59. The van der Waals surface area contributed by atoms with Crippen LogP contribution in [0.3, 0.4) is 0 Å². The summed E-state index contributed by atoms with van der Waals surface area (Å²) in [5.41, 5.74) is 3.70.